The maximum Gasteiger partial charge on any atom is 0.263 e. The number of carbonyl (C=O) groups is 1. The van der Waals surface area contributed by atoms with Crippen molar-refractivity contribution >= 4 is 33.2 Å². The lowest BCUT2D eigenvalue weighted by Crippen LogP contribution is -2.33. The van der Waals surface area contributed by atoms with E-state index in [2.05, 4.69) is 15.9 Å². The zero-order valence-corrected chi connectivity index (χ0v) is 13.0. The molecule has 98 valence electrons. The van der Waals surface area contributed by atoms with E-state index in [1.165, 1.54) is 37.0 Å². The van der Waals surface area contributed by atoms with Crippen LogP contribution in [-0.2, 0) is 0 Å². The minimum Gasteiger partial charge on any atom is -0.341 e. The van der Waals surface area contributed by atoms with Gasteiger partial charge < -0.3 is 4.90 Å². The van der Waals surface area contributed by atoms with Crippen molar-refractivity contribution in [1.29, 1.82) is 0 Å². The Kier molecular flexibility index (Phi) is 3.50. The third-order valence-corrected chi connectivity index (χ3v) is 6.14. The summed E-state index contributed by atoms with van der Waals surface area (Å²) in [5.41, 5.74) is 0. The van der Waals surface area contributed by atoms with Crippen molar-refractivity contribution in [2.24, 2.45) is 17.8 Å². The first-order chi connectivity index (χ1) is 8.63. The lowest BCUT2D eigenvalue weighted by atomic mass is 9.88. The van der Waals surface area contributed by atoms with Gasteiger partial charge in [0.2, 0.25) is 0 Å². The van der Waals surface area contributed by atoms with Crippen molar-refractivity contribution in [2.45, 2.75) is 25.7 Å². The molecule has 0 spiro atoms. The molecule has 2 aliphatic carbocycles. The van der Waals surface area contributed by atoms with Gasteiger partial charge in [0.25, 0.3) is 5.91 Å². The van der Waals surface area contributed by atoms with Crippen molar-refractivity contribution in [3.05, 3.63) is 20.8 Å². The lowest BCUT2D eigenvalue weighted by Gasteiger charge is -2.27. The molecular weight excluding hydrogens is 310 g/mol. The quantitative estimate of drug-likeness (QED) is 0.821. The standard InChI is InChI=1S/C14H18BrNOS/c1-16(14(17)12-4-5-13(15)18-12)8-11-7-9-2-3-10(11)6-9/h4-5,9-11H,2-3,6-8H2,1H3. The largest absolute Gasteiger partial charge is 0.341 e. The van der Waals surface area contributed by atoms with Crippen molar-refractivity contribution in [1.82, 2.24) is 4.90 Å². The number of halogens is 1. The summed E-state index contributed by atoms with van der Waals surface area (Å²) in [7, 11) is 1.95. The Bertz CT molecular complexity index is 458. The van der Waals surface area contributed by atoms with Gasteiger partial charge >= 0.3 is 0 Å². The summed E-state index contributed by atoms with van der Waals surface area (Å²) in [5.74, 6) is 2.77. The van der Waals surface area contributed by atoms with Gasteiger partial charge in [-0.25, -0.2) is 0 Å². The van der Waals surface area contributed by atoms with Gasteiger partial charge in [0.15, 0.2) is 0 Å². The molecule has 2 nitrogen and oxygen atoms in total. The zero-order valence-electron chi connectivity index (χ0n) is 10.6. The number of carbonyl (C=O) groups excluding carboxylic acids is 1. The third-order valence-electron chi connectivity index (χ3n) is 4.52. The predicted octanol–water partition coefficient (Wildman–Crippen LogP) is 4.02. The number of amides is 1. The van der Waals surface area contributed by atoms with E-state index >= 15 is 0 Å². The summed E-state index contributed by atoms with van der Waals surface area (Å²) in [6.45, 7) is 0.940. The fourth-order valence-electron chi connectivity index (χ4n) is 3.65. The van der Waals surface area contributed by atoms with Crippen LogP contribution in [0.2, 0.25) is 0 Å². The molecule has 18 heavy (non-hydrogen) atoms. The monoisotopic (exact) mass is 327 g/mol. The Morgan fingerprint density at radius 1 is 1.44 bits per heavy atom. The van der Waals surface area contributed by atoms with Crippen LogP contribution in [0.3, 0.4) is 0 Å². The second-order valence-electron chi connectivity index (χ2n) is 5.72. The van der Waals surface area contributed by atoms with E-state index < -0.39 is 0 Å². The number of hydrogen-bond donors (Lipinski definition) is 0. The SMILES string of the molecule is CN(CC1CC2CCC1C2)C(=O)c1ccc(Br)s1. The second-order valence-corrected chi connectivity index (χ2v) is 8.19. The molecule has 3 rings (SSSR count). The van der Waals surface area contributed by atoms with Gasteiger partial charge in [0.1, 0.15) is 0 Å². The molecule has 2 bridgehead atoms. The third kappa shape index (κ3) is 2.37. The van der Waals surface area contributed by atoms with E-state index in [0.717, 1.165) is 33.0 Å². The molecule has 1 aromatic heterocycles. The topological polar surface area (TPSA) is 20.3 Å². The minimum absolute atomic E-state index is 0.175. The van der Waals surface area contributed by atoms with Gasteiger partial charge in [-0.2, -0.15) is 0 Å². The van der Waals surface area contributed by atoms with Crippen LogP contribution < -0.4 is 0 Å². The molecule has 2 fully saturated rings. The molecule has 0 radical (unpaired) electrons. The zero-order chi connectivity index (χ0) is 12.7. The van der Waals surface area contributed by atoms with Crippen molar-refractivity contribution in [3.8, 4) is 0 Å². The second kappa shape index (κ2) is 4.97. The first-order valence-electron chi connectivity index (χ1n) is 6.64. The highest BCUT2D eigenvalue weighted by molar-refractivity contribution is 9.11. The lowest BCUT2D eigenvalue weighted by molar-refractivity contribution is 0.0759. The maximum absolute atomic E-state index is 12.3. The molecule has 0 saturated heterocycles. The maximum atomic E-state index is 12.3. The number of thiophene rings is 1. The summed E-state index contributed by atoms with van der Waals surface area (Å²) in [4.78, 5) is 15.0. The van der Waals surface area contributed by atoms with Crippen LogP contribution >= 0.6 is 27.3 Å². The molecule has 0 N–H and O–H groups in total. The van der Waals surface area contributed by atoms with Gasteiger partial charge in [-0.1, -0.05) is 6.42 Å². The summed E-state index contributed by atoms with van der Waals surface area (Å²) < 4.78 is 1.03. The fraction of sp³-hybridized carbons (Fsp3) is 0.643. The van der Waals surface area contributed by atoms with E-state index in [0.29, 0.717) is 0 Å². The first kappa shape index (κ1) is 12.7. The molecular formula is C14H18BrNOS. The molecule has 0 aliphatic heterocycles. The molecule has 2 saturated carbocycles. The smallest absolute Gasteiger partial charge is 0.263 e. The molecule has 1 aromatic rings. The van der Waals surface area contributed by atoms with Crippen LogP contribution in [-0.4, -0.2) is 24.4 Å². The minimum atomic E-state index is 0.175. The fourth-order valence-corrected chi connectivity index (χ4v) is 5.03. The molecule has 3 atom stereocenters. The van der Waals surface area contributed by atoms with Crippen molar-refractivity contribution in [3.63, 3.8) is 0 Å². The predicted molar refractivity (Wildman–Crippen MR) is 77.9 cm³/mol. The van der Waals surface area contributed by atoms with Crippen LogP contribution in [0.25, 0.3) is 0 Å². The van der Waals surface area contributed by atoms with E-state index in [-0.39, 0.29) is 5.91 Å². The Balaban J connectivity index is 1.61. The number of nitrogens with zero attached hydrogens (tertiary/aromatic N) is 1. The van der Waals surface area contributed by atoms with Crippen LogP contribution in [0.5, 0.6) is 0 Å². The molecule has 1 amide bonds. The Morgan fingerprint density at radius 2 is 2.28 bits per heavy atom. The summed E-state index contributed by atoms with van der Waals surface area (Å²) in [5, 5.41) is 0. The highest BCUT2D eigenvalue weighted by atomic mass is 79.9. The highest BCUT2D eigenvalue weighted by Crippen LogP contribution is 2.48. The average molecular weight is 328 g/mol. The first-order valence-corrected chi connectivity index (χ1v) is 8.25. The highest BCUT2D eigenvalue weighted by Gasteiger charge is 2.40. The molecule has 2 aliphatic rings. The van der Waals surface area contributed by atoms with Crippen LogP contribution in [0.1, 0.15) is 35.4 Å². The van der Waals surface area contributed by atoms with Crippen molar-refractivity contribution < 1.29 is 4.79 Å². The van der Waals surface area contributed by atoms with E-state index in [1.807, 2.05) is 24.1 Å². The Morgan fingerprint density at radius 3 is 2.83 bits per heavy atom. The summed E-state index contributed by atoms with van der Waals surface area (Å²) >= 11 is 4.93. The summed E-state index contributed by atoms with van der Waals surface area (Å²) in [6.07, 6.45) is 5.58. The average Bonchev–Trinajstić information content (AvgIpc) is 3.03. The van der Waals surface area contributed by atoms with Crippen LogP contribution in [0, 0.1) is 17.8 Å². The van der Waals surface area contributed by atoms with Gasteiger partial charge in [-0.05, 0) is 65.1 Å². The number of rotatable bonds is 3. The van der Waals surface area contributed by atoms with Crippen LogP contribution in [0.15, 0.2) is 15.9 Å². The van der Waals surface area contributed by atoms with Gasteiger partial charge in [-0.3, -0.25) is 4.79 Å². The molecule has 0 aromatic carbocycles. The van der Waals surface area contributed by atoms with Crippen LogP contribution in [0.4, 0.5) is 0 Å². The Labute approximate surface area is 120 Å². The number of fused-ring (bicyclic) bond motifs is 2. The van der Waals surface area contributed by atoms with Gasteiger partial charge in [0.05, 0.1) is 8.66 Å². The van der Waals surface area contributed by atoms with E-state index in [1.54, 1.807) is 0 Å². The van der Waals surface area contributed by atoms with Crippen molar-refractivity contribution in [2.75, 3.05) is 13.6 Å². The van der Waals surface area contributed by atoms with E-state index in [4.69, 9.17) is 0 Å². The van der Waals surface area contributed by atoms with E-state index in [9.17, 15) is 4.79 Å². The summed E-state index contributed by atoms with van der Waals surface area (Å²) in [6, 6.07) is 3.86. The molecule has 4 heteroatoms. The molecule has 3 unspecified atom stereocenters. The molecule has 1 heterocycles. The van der Waals surface area contributed by atoms with Gasteiger partial charge in [0, 0.05) is 13.6 Å². The number of hydrogen-bond acceptors (Lipinski definition) is 2. The Hall–Kier alpha value is -0.350. The normalized spacial score (nSPS) is 29.8. The van der Waals surface area contributed by atoms with Gasteiger partial charge in [-0.15, -0.1) is 11.3 Å².